The smallest absolute Gasteiger partial charge is 0.147 e. The van der Waals surface area contributed by atoms with Gasteiger partial charge >= 0.3 is 0 Å². The third-order valence-corrected chi connectivity index (χ3v) is 4.61. The first-order valence-electron chi connectivity index (χ1n) is 6.74. The summed E-state index contributed by atoms with van der Waals surface area (Å²) in [6.45, 7) is 0. The zero-order chi connectivity index (χ0) is 14.0. The van der Waals surface area contributed by atoms with Crippen molar-refractivity contribution in [3.8, 4) is 0 Å². The topological polar surface area (TPSA) is 26.3 Å². The van der Waals surface area contributed by atoms with Crippen LogP contribution in [0.1, 0.15) is 0 Å². The highest BCUT2D eigenvalue weighted by atomic mass is 79.9. The van der Waals surface area contributed by atoms with E-state index in [0.29, 0.717) is 0 Å². The summed E-state index contributed by atoms with van der Waals surface area (Å²) in [6.07, 6.45) is 0. The van der Waals surface area contributed by atoms with Gasteiger partial charge in [-0.2, -0.15) is 0 Å². The zero-order valence-electron chi connectivity index (χ0n) is 10.9. The SMILES string of the molecule is Brc1cccc2oc3ccc4c5ccccc5oc4c3c12. The van der Waals surface area contributed by atoms with Gasteiger partial charge in [0.2, 0.25) is 0 Å². The Kier molecular flexibility index (Phi) is 2.11. The Balaban J connectivity index is 2.15. The number of fused-ring (bicyclic) bond motifs is 7. The van der Waals surface area contributed by atoms with E-state index in [1.54, 1.807) is 0 Å². The predicted molar refractivity (Wildman–Crippen MR) is 88.7 cm³/mol. The van der Waals surface area contributed by atoms with Gasteiger partial charge in [0, 0.05) is 20.6 Å². The van der Waals surface area contributed by atoms with Gasteiger partial charge in [0.05, 0.1) is 5.39 Å². The van der Waals surface area contributed by atoms with Crippen molar-refractivity contribution in [3.05, 3.63) is 59.1 Å². The van der Waals surface area contributed by atoms with Crippen molar-refractivity contribution in [1.82, 2.24) is 0 Å². The van der Waals surface area contributed by atoms with Crippen molar-refractivity contribution in [2.24, 2.45) is 0 Å². The summed E-state index contributed by atoms with van der Waals surface area (Å²) in [5.41, 5.74) is 3.51. The van der Waals surface area contributed by atoms with E-state index in [1.165, 1.54) is 0 Å². The molecular formula is C18H9BrO2. The van der Waals surface area contributed by atoms with Crippen LogP contribution in [-0.4, -0.2) is 0 Å². The first-order chi connectivity index (χ1) is 10.3. The van der Waals surface area contributed by atoms with Crippen LogP contribution in [0.25, 0.3) is 43.9 Å². The Hall–Kier alpha value is -2.26. The van der Waals surface area contributed by atoms with Gasteiger partial charge in [-0.25, -0.2) is 0 Å². The molecule has 2 heterocycles. The summed E-state index contributed by atoms with van der Waals surface area (Å²) >= 11 is 3.63. The first kappa shape index (κ1) is 11.4. The third-order valence-electron chi connectivity index (χ3n) is 3.95. The van der Waals surface area contributed by atoms with Gasteiger partial charge < -0.3 is 8.83 Å². The van der Waals surface area contributed by atoms with Gasteiger partial charge in [0.1, 0.15) is 22.3 Å². The molecule has 0 bridgehead atoms. The molecular weight excluding hydrogens is 328 g/mol. The van der Waals surface area contributed by atoms with Gasteiger partial charge in [-0.3, -0.25) is 0 Å². The summed E-state index contributed by atoms with van der Waals surface area (Å²) in [7, 11) is 0. The van der Waals surface area contributed by atoms with Crippen molar-refractivity contribution in [3.63, 3.8) is 0 Å². The standard InChI is InChI=1S/C18H9BrO2/c19-12-5-3-7-14-16(12)17-15(20-14)9-8-11-10-4-1-2-6-13(10)21-18(11)17/h1-9H. The first-order valence-corrected chi connectivity index (χ1v) is 7.53. The Bertz CT molecular complexity index is 1150. The van der Waals surface area contributed by atoms with E-state index in [2.05, 4.69) is 28.1 Å². The number of halogens is 1. The van der Waals surface area contributed by atoms with Crippen LogP contribution in [0.3, 0.4) is 0 Å². The van der Waals surface area contributed by atoms with Crippen LogP contribution >= 0.6 is 15.9 Å². The highest BCUT2D eigenvalue weighted by Crippen LogP contribution is 2.41. The second-order valence-electron chi connectivity index (χ2n) is 5.13. The summed E-state index contributed by atoms with van der Waals surface area (Å²) in [6, 6.07) is 18.2. The van der Waals surface area contributed by atoms with E-state index in [1.807, 2.05) is 42.5 Å². The molecule has 0 radical (unpaired) electrons. The summed E-state index contributed by atoms with van der Waals surface area (Å²) in [5.74, 6) is 0. The van der Waals surface area contributed by atoms with E-state index in [9.17, 15) is 0 Å². The van der Waals surface area contributed by atoms with Gasteiger partial charge in [-0.1, -0.05) is 40.2 Å². The minimum Gasteiger partial charge on any atom is -0.456 e. The number of para-hydroxylation sites is 1. The van der Waals surface area contributed by atoms with Crippen LogP contribution in [0, 0.1) is 0 Å². The summed E-state index contributed by atoms with van der Waals surface area (Å²) in [4.78, 5) is 0. The molecule has 0 atom stereocenters. The molecule has 0 aliphatic rings. The highest BCUT2D eigenvalue weighted by molar-refractivity contribution is 9.10. The molecule has 0 saturated heterocycles. The van der Waals surface area contributed by atoms with Gasteiger partial charge in [-0.15, -0.1) is 0 Å². The third kappa shape index (κ3) is 1.41. The van der Waals surface area contributed by atoms with Crippen LogP contribution in [0.15, 0.2) is 67.9 Å². The average Bonchev–Trinajstić information content (AvgIpc) is 3.05. The fourth-order valence-corrected chi connectivity index (χ4v) is 3.59. The van der Waals surface area contributed by atoms with Crippen LogP contribution in [0.2, 0.25) is 0 Å². The van der Waals surface area contributed by atoms with Gasteiger partial charge in [0.25, 0.3) is 0 Å². The van der Waals surface area contributed by atoms with E-state index in [4.69, 9.17) is 8.83 Å². The van der Waals surface area contributed by atoms with Crippen molar-refractivity contribution >= 4 is 59.8 Å². The predicted octanol–water partition coefficient (Wildman–Crippen LogP) is 6.25. The fraction of sp³-hybridized carbons (Fsp3) is 0. The number of furan rings is 2. The average molecular weight is 337 g/mol. The van der Waals surface area contributed by atoms with Crippen LogP contribution in [0.5, 0.6) is 0 Å². The number of benzene rings is 3. The van der Waals surface area contributed by atoms with Crippen LogP contribution < -0.4 is 0 Å². The molecule has 0 spiro atoms. The number of hydrogen-bond acceptors (Lipinski definition) is 2. The molecule has 0 saturated carbocycles. The molecule has 21 heavy (non-hydrogen) atoms. The lowest BCUT2D eigenvalue weighted by Crippen LogP contribution is -1.71. The molecule has 0 amide bonds. The molecule has 5 rings (SSSR count). The molecule has 2 nitrogen and oxygen atoms in total. The fourth-order valence-electron chi connectivity index (χ4n) is 3.04. The molecule has 2 aromatic heterocycles. The van der Waals surface area contributed by atoms with E-state index >= 15 is 0 Å². The number of rotatable bonds is 0. The molecule has 0 aliphatic carbocycles. The lowest BCUT2D eigenvalue weighted by atomic mass is 10.1. The second-order valence-corrected chi connectivity index (χ2v) is 5.98. The molecule has 0 unspecified atom stereocenters. The Morgan fingerprint density at radius 1 is 0.619 bits per heavy atom. The lowest BCUT2D eigenvalue weighted by Gasteiger charge is -1.94. The molecule has 0 N–H and O–H groups in total. The van der Waals surface area contributed by atoms with Gasteiger partial charge in [-0.05, 0) is 30.3 Å². The zero-order valence-corrected chi connectivity index (χ0v) is 12.5. The molecule has 3 aromatic carbocycles. The Labute approximate surface area is 128 Å². The summed E-state index contributed by atoms with van der Waals surface area (Å²) in [5, 5.41) is 4.36. The Morgan fingerprint density at radius 2 is 1.43 bits per heavy atom. The molecule has 0 aliphatic heterocycles. The maximum absolute atomic E-state index is 6.11. The number of hydrogen-bond donors (Lipinski definition) is 0. The van der Waals surface area contributed by atoms with Crippen LogP contribution in [0.4, 0.5) is 0 Å². The quantitative estimate of drug-likeness (QED) is 0.334. The highest BCUT2D eigenvalue weighted by Gasteiger charge is 2.16. The van der Waals surface area contributed by atoms with Crippen LogP contribution in [-0.2, 0) is 0 Å². The van der Waals surface area contributed by atoms with E-state index in [-0.39, 0.29) is 0 Å². The van der Waals surface area contributed by atoms with Crippen molar-refractivity contribution in [1.29, 1.82) is 0 Å². The normalized spacial score (nSPS) is 12.0. The maximum Gasteiger partial charge on any atom is 0.147 e. The lowest BCUT2D eigenvalue weighted by molar-refractivity contribution is 0.663. The minimum absolute atomic E-state index is 0.850. The molecule has 0 fully saturated rings. The van der Waals surface area contributed by atoms with Crippen molar-refractivity contribution < 1.29 is 8.83 Å². The Morgan fingerprint density at radius 3 is 2.38 bits per heavy atom. The molecule has 3 heteroatoms. The van der Waals surface area contributed by atoms with Crippen molar-refractivity contribution in [2.45, 2.75) is 0 Å². The second kappa shape index (κ2) is 3.89. The molecule has 100 valence electrons. The minimum atomic E-state index is 0.850. The largest absolute Gasteiger partial charge is 0.456 e. The summed E-state index contributed by atoms with van der Waals surface area (Å²) < 4.78 is 13.1. The maximum atomic E-state index is 6.11. The molecule has 5 aromatic rings. The van der Waals surface area contributed by atoms with Gasteiger partial charge in [0.15, 0.2) is 0 Å². The van der Waals surface area contributed by atoms with E-state index < -0.39 is 0 Å². The van der Waals surface area contributed by atoms with Crippen molar-refractivity contribution in [2.75, 3.05) is 0 Å². The monoisotopic (exact) mass is 336 g/mol. The van der Waals surface area contributed by atoms with E-state index in [0.717, 1.165) is 48.3 Å².